The van der Waals surface area contributed by atoms with Gasteiger partial charge in [0, 0.05) is 40.0 Å². The highest BCUT2D eigenvalue weighted by molar-refractivity contribution is 5.79. The molecule has 2 N–H and O–H groups in total. The van der Waals surface area contributed by atoms with Gasteiger partial charge < -0.3 is 24.8 Å². The molecule has 1 saturated heterocycles. The summed E-state index contributed by atoms with van der Waals surface area (Å²) in [5.74, 6) is 0.851. The molecule has 152 valence electrons. The highest BCUT2D eigenvalue weighted by atomic mass is 16.5. The van der Waals surface area contributed by atoms with Crippen LogP contribution in [0.15, 0.2) is 35.3 Å². The molecule has 27 heavy (non-hydrogen) atoms. The molecule has 0 saturated carbocycles. The molecule has 0 radical (unpaired) electrons. The zero-order chi connectivity index (χ0) is 19.0. The molecule has 1 aliphatic heterocycles. The summed E-state index contributed by atoms with van der Waals surface area (Å²) in [4.78, 5) is 4.25. The molecule has 0 aromatic heterocycles. The van der Waals surface area contributed by atoms with Crippen molar-refractivity contribution in [3.63, 3.8) is 0 Å². The Morgan fingerprint density at radius 2 is 1.89 bits per heavy atom. The van der Waals surface area contributed by atoms with Gasteiger partial charge in [0.1, 0.15) is 0 Å². The first-order valence-corrected chi connectivity index (χ1v) is 10.1. The van der Waals surface area contributed by atoms with Crippen molar-refractivity contribution in [2.45, 2.75) is 38.2 Å². The van der Waals surface area contributed by atoms with Gasteiger partial charge in [-0.25, -0.2) is 0 Å². The van der Waals surface area contributed by atoms with E-state index in [9.17, 15) is 0 Å². The van der Waals surface area contributed by atoms with Crippen molar-refractivity contribution in [2.75, 3.05) is 53.2 Å². The molecular weight excluding hydrogens is 342 g/mol. The van der Waals surface area contributed by atoms with Gasteiger partial charge in [-0.05, 0) is 37.7 Å². The van der Waals surface area contributed by atoms with Gasteiger partial charge >= 0.3 is 0 Å². The fraction of sp³-hybridized carbons (Fsp3) is 0.667. The number of ether oxygens (including phenoxy) is 3. The summed E-state index contributed by atoms with van der Waals surface area (Å²) in [7, 11) is 1.80. The van der Waals surface area contributed by atoms with Crippen LogP contribution in [0, 0.1) is 0 Å². The Bertz CT molecular complexity index is 505. The van der Waals surface area contributed by atoms with E-state index in [4.69, 9.17) is 14.2 Å². The largest absolute Gasteiger partial charge is 0.381 e. The molecule has 6 heteroatoms. The molecule has 1 atom stereocenters. The second-order valence-electron chi connectivity index (χ2n) is 6.69. The minimum absolute atomic E-state index is 0.289. The SMILES string of the molecule is CN=C(NCCCCOCCc1ccccc1)NCCCOC1CCOC1. The maximum Gasteiger partial charge on any atom is 0.190 e. The van der Waals surface area contributed by atoms with Crippen LogP contribution in [0.2, 0.25) is 0 Å². The second-order valence-corrected chi connectivity index (χ2v) is 6.69. The van der Waals surface area contributed by atoms with E-state index in [1.807, 2.05) is 6.07 Å². The maximum absolute atomic E-state index is 5.75. The lowest BCUT2D eigenvalue weighted by atomic mass is 10.2. The highest BCUT2D eigenvalue weighted by Gasteiger charge is 2.15. The third kappa shape index (κ3) is 10.3. The van der Waals surface area contributed by atoms with E-state index in [1.165, 1.54) is 5.56 Å². The third-order valence-corrected chi connectivity index (χ3v) is 4.46. The van der Waals surface area contributed by atoms with Crippen molar-refractivity contribution in [1.29, 1.82) is 0 Å². The van der Waals surface area contributed by atoms with Gasteiger partial charge in [-0.2, -0.15) is 0 Å². The average Bonchev–Trinajstić information content (AvgIpc) is 3.22. The number of nitrogens with zero attached hydrogens (tertiary/aromatic N) is 1. The summed E-state index contributed by atoms with van der Waals surface area (Å²) in [5, 5.41) is 6.66. The molecule has 1 aromatic rings. The van der Waals surface area contributed by atoms with E-state index < -0.39 is 0 Å². The molecule has 0 bridgehead atoms. The normalized spacial score (nSPS) is 17.2. The Kier molecular flexibility index (Phi) is 11.6. The second kappa shape index (κ2) is 14.4. The van der Waals surface area contributed by atoms with E-state index in [0.29, 0.717) is 0 Å². The number of aliphatic imine (C=N–C) groups is 1. The smallest absolute Gasteiger partial charge is 0.190 e. The van der Waals surface area contributed by atoms with E-state index in [0.717, 1.165) is 84.2 Å². The molecule has 0 aliphatic carbocycles. The lowest BCUT2D eigenvalue weighted by Gasteiger charge is -2.13. The number of rotatable bonds is 13. The van der Waals surface area contributed by atoms with Crippen LogP contribution in [0.5, 0.6) is 0 Å². The van der Waals surface area contributed by atoms with E-state index in [2.05, 4.69) is 39.9 Å². The zero-order valence-electron chi connectivity index (χ0n) is 16.6. The quantitative estimate of drug-likeness (QED) is 0.314. The molecule has 1 fully saturated rings. The van der Waals surface area contributed by atoms with Crippen LogP contribution in [0.25, 0.3) is 0 Å². The van der Waals surface area contributed by atoms with Crippen LogP contribution in [0.1, 0.15) is 31.2 Å². The summed E-state index contributed by atoms with van der Waals surface area (Å²) in [6, 6.07) is 10.5. The molecule has 1 aromatic carbocycles. The minimum Gasteiger partial charge on any atom is -0.381 e. The van der Waals surface area contributed by atoms with Gasteiger partial charge in [0.15, 0.2) is 5.96 Å². The lowest BCUT2D eigenvalue weighted by Crippen LogP contribution is -2.38. The maximum atomic E-state index is 5.75. The summed E-state index contributed by atoms with van der Waals surface area (Å²) >= 11 is 0. The fourth-order valence-corrected chi connectivity index (χ4v) is 2.87. The van der Waals surface area contributed by atoms with Gasteiger partial charge in [-0.15, -0.1) is 0 Å². The topological polar surface area (TPSA) is 64.1 Å². The van der Waals surface area contributed by atoms with Crippen molar-refractivity contribution in [3.8, 4) is 0 Å². The summed E-state index contributed by atoms with van der Waals surface area (Å²) in [6.45, 7) is 5.69. The average molecular weight is 378 g/mol. The van der Waals surface area contributed by atoms with Crippen LogP contribution in [0.4, 0.5) is 0 Å². The van der Waals surface area contributed by atoms with E-state index >= 15 is 0 Å². The summed E-state index contributed by atoms with van der Waals surface area (Å²) < 4.78 is 16.8. The first kappa shape index (κ1) is 21.7. The number of unbranched alkanes of at least 4 members (excludes halogenated alkanes) is 1. The number of benzene rings is 1. The Morgan fingerprint density at radius 1 is 1.07 bits per heavy atom. The first-order valence-electron chi connectivity index (χ1n) is 10.1. The van der Waals surface area contributed by atoms with E-state index in [1.54, 1.807) is 7.05 Å². The molecule has 2 rings (SSSR count). The van der Waals surface area contributed by atoms with Crippen LogP contribution in [-0.4, -0.2) is 65.2 Å². The predicted octanol–water partition coefficient (Wildman–Crippen LogP) is 2.39. The van der Waals surface area contributed by atoms with Gasteiger partial charge in [-0.1, -0.05) is 30.3 Å². The van der Waals surface area contributed by atoms with Gasteiger partial charge in [0.2, 0.25) is 0 Å². The van der Waals surface area contributed by atoms with Crippen LogP contribution in [-0.2, 0) is 20.6 Å². The summed E-state index contributed by atoms with van der Waals surface area (Å²) in [5.41, 5.74) is 1.33. The van der Waals surface area contributed by atoms with Crippen molar-refractivity contribution in [3.05, 3.63) is 35.9 Å². The van der Waals surface area contributed by atoms with E-state index in [-0.39, 0.29) is 6.10 Å². The van der Waals surface area contributed by atoms with Gasteiger partial charge in [0.25, 0.3) is 0 Å². The van der Waals surface area contributed by atoms with Crippen molar-refractivity contribution in [1.82, 2.24) is 10.6 Å². The van der Waals surface area contributed by atoms with Crippen LogP contribution < -0.4 is 10.6 Å². The van der Waals surface area contributed by atoms with Crippen LogP contribution in [0.3, 0.4) is 0 Å². The number of hydrogen-bond acceptors (Lipinski definition) is 4. The Balaban J connectivity index is 1.37. The number of nitrogens with one attached hydrogen (secondary N) is 2. The first-order chi connectivity index (χ1) is 13.4. The van der Waals surface area contributed by atoms with Crippen molar-refractivity contribution >= 4 is 5.96 Å². The molecule has 1 heterocycles. The molecule has 1 unspecified atom stereocenters. The number of guanidine groups is 1. The van der Waals surface area contributed by atoms with Gasteiger partial charge in [0.05, 0.1) is 19.3 Å². The Hall–Kier alpha value is -1.63. The Labute approximate surface area is 163 Å². The van der Waals surface area contributed by atoms with Crippen LogP contribution >= 0.6 is 0 Å². The molecule has 0 amide bonds. The molecular formula is C21H35N3O3. The van der Waals surface area contributed by atoms with Crippen molar-refractivity contribution in [2.24, 2.45) is 4.99 Å². The van der Waals surface area contributed by atoms with Gasteiger partial charge in [-0.3, -0.25) is 4.99 Å². The van der Waals surface area contributed by atoms with Crippen molar-refractivity contribution < 1.29 is 14.2 Å². The highest BCUT2D eigenvalue weighted by Crippen LogP contribution is 2.07. The molecule has 1 aliphatic rings. The predicted molar refractivity (Wildman–Crippen MR) is 109 cm³/mol. The zero-order valence-corrected chi connectivity index (χ0v) is 16.6. The molecule has 0 spiro atoms. The minimum atomic E-state index is 0.289. The third-order valence-electron chi connectivity index (χ3n) is 4.46. The number of hydrogen-bond donors (Lipinski definition) is 2. The monoisotopic (exact) mass is 377 g/mol. The fourth-order valence-electron chi connectivity index (χ4n) is 2.87. The summed E-state index contributed by atoms with van der Waals surface area (Å²) in [6.07, 6.45) is 5.37. The lowest BCUT2D eigenvalue weighted by molar-refractivity contribution is 0.0420. The Morgan fingerprint density at radius 3 is 2.63 bits per heavy atom. The standard InChI is InChI=1S/C21H35N3O3/c1-22-21(24-13-7-15-27-20-11-17-26-18-20)23-12-5-6-14-25-16-10-19-8-3-2-4-9-19/h2-4,8-9,20H,5-7,10-18H2,1H3,(H2,22,23,24). The molecule has 6 nitrogen and oxygen atoms in total.